The minimum absolute atomic E-state index is 0.736. The number of nitrogens with one attached hydrogen (secondary N) is 2. The first-order chi connectivity index (χ1) is 4.83. The van der Waals surface area contributed by atoms with Gasteiger partial charge in [-0.15, -0.1) is 0 Å². The van der Waals surface area contributed by atoms with Crippen LogP contribution in [-0.2, 0) is 0 Å². The lowest BCUT2D eigenvalue weighted by Crippen LogP contribution is -2.14. The highest BCUT2D eigenvalue weighted by molar-refractivity contribution is 6.30. The Bertz CT molecular complexity index is 213. The Labute approximate surface area is 65.2 Å². The van der Waals surface area contributed by atoms with Gasteiger partial charge >= 0.3 is 0 Å². The molecule has 0 fully saturated rings. The molecule has 0 aliphatic heterocycles. The molecule has 0 amide bonds. The SMILES string of the molecule is CNNc1cccc(Cl)c1. The van der Waals surface area contributed by atoms with Crippen molar-refractivity contribution in [3.63, 3.8) is 0 Å². The van der Waals surface area contributed by atoms with Gasteiger partial charge in [0.25, 0.3) is 0 Å². The first-order valence-corrected chi connectivity index (χ1v) is 3.39. The molecule has 0 atom stereocenters. The number of benzene rings is 1. The lowest BCUT2D eigenvalue weighted by atomic mass is 10.3. The molecule has 0 radical (unpaired) electrons. The smallest absolute Gasteiger partial charge is 0.0502 e. The van der Waals surface area contributed by atoms with Crippen LogP contribution in [0.3, 0.4) is 0 Å². The van der Waals surface area contributed by atoms with E-state index < -0.39 is 0 Å². The molecule has 1 aromatic rings. The van der Waals surface area contributed by atoms with Gasteiger partial charge in [0.2, 0.25) is 0 Å². The highest BCUT2D eigenvalue weighted by Crippen LogP contribution is 2.13. The lowest BCUT2D eigenvalue weighted by Gasteiger charge is -2.02. The molecular weight excluding hydrogens is 148 g/mol. The molecule has 3 heteroatoms. The molecule has 0 saturated carbocycles. The summed E-state index contributed by atoms with van der Waals surface area (Å²) in [5.41, 5.74) is 6.68. The van der Waals surface area contributed by atoms with Crippen molar-refractivity contribution in [2.45, 2.75) is 0 Å². The van der Waals surface area contributed by atoms with Crippen molar-refractivity contribution in [2.24, 2.45) is 0 Å². The van der Waals surface area contributed by atoms with E-state index in [2.05, 4.69) is 10.9 Å². The van der Waals surface area contributed by atoms with Gasteiger partial charge in [-0.25, -0.2) is 5.43 Å². The highest BCUT2D eigenvalue weighted by Gasteiger charge is 1.88. The summed E-state index contributed by atoms with van der Waals surface area (Å²) in [6.07, 6.45) is 0. The maximum Gasteiger partial charge on any atom is 0.0502 e. The minimum atomic E-state index is 0.736. The minimum Gasteiger partial charge on any atom is -0.322 e. The fourth-order valence-corrected chi connectivity index (χ4v) is 0.901. The van der Waals surface area contributed by atoms with E-state index >= 15 is 0 Å². The van der Waals surface area contributed by atoms with Gasteiger partial charge in [-0.2, -0.15) is 0 Å². The van der Waals surface area contributed by atoms with Gasteiger partial charge in [-0.05, 0) is 18.2 Å². The Morgan fingerprint density at radius 2 is 2.20 bits per heavy atom. The van der Waals surface area contributed by atoms with E-state index in [1.807, 2.05) is 24.3 Å². The fraction of sp³-hybridized carbons (Fsp3) is 0.143. The molecule has 1 aromatic carbocycles. The highest BCUT2D eigenvalue weighted by atomic mass is 35.5. The number of hydrogen-bond donors (Lipinski definition) is 2. The van der Waals surface area contributed by atoms with Gasteiger partial charge in [-0.3, -0.25) is 0 Å². The van der Waals surface area contributed by atoms with Crippen molar-refractivity contribution in [1.29, 1.82) is 0 Å². The van der Waals surface area contributed by atoms with Gasteiger partial charge in [-0.1, -0.05) is 17.7 Å². The molecule has 0 aliphatic rings. The molecule has 2 nitrogen and oxygen atoms in total. The summed E-state index contributed by atoms with van der Waals surface area (Å²) in [5.74, 6) is 0. The van der Waals surface area contributed by atoms with Crippen LogP contribution >= 0.6 is 11.6 Å². The van der Waals surface area contributed by atoms with E-state index in [9.17, 15) is 0 Å². The van der Waals surface area contributed by atoms with Crippen LogP contribution in [0.5, 0.6) is 0 Å². The molecule has 0 saturated heterocycles. The van der Waals surface area contributed by atoms with Gasteiger partial charge in [0.05, 0.1) is 5.69 Å². The average Bonchev–Trinajstić information content (AvgIpc) is 1.88. The van der Waals surface area contributed by atoms with Crippen molar-refractivity contribution in [3.05, 3.63) is 29.3 Å². The summed E-state index contributed by atoms with van der Waals surface area (Å²) < 4.78 is 0. The van der Waals surface area contributed by atoms with E-state index in [0.717, 1.165) is 10.7 Å². The zero-order valence-electron chi connectivity index (χ0n) is 5.69. The van der Waals surface area contributed by atoms with Crippen LogP contribution in [0.1, 0.15) is 0 Å². The second-order valence-electron chi connectivity index (χ2n) is 1.89. The normalized spacial score (nSPS) is 9.40. The number of halogens is 1. The summed E-state index contributed by atoms with van der Waals surface area (Å²) in [6.45, 7) is 0. The molecule has 1 rings (SSSR count). The van der Waals surface area contributed by atoms with E-state index in [-0.39, 0.29) is 0 Å². The zero-order valence-corrected chi connectivity index (χ0v) is 6.44. The van der Waals surface area contributed by atoms with E-state index in [0.29, 0.717) is 0 Å². The maximum atomic E-state index is 5.71. The van der Waals surface area contributed by atoms with Crippen LogP contribution in [0.15, 0.2) is 24.3 Å². The van der Waals surface area contributed by atoms with Crippen molar-refractivity contribution in [3.8, 4) is 0 Å². The van der Waals surface area contributed by atoms with Gasteiger partial charge in [0.15, 0.2) is 0 Å². The maximum absolute atomic E-state index is 5.71. The second-order valence-corrected chi connectivity index (χ2v) is 2.32. The van der Waals surface area contributed by atoms with Crippen molar-refractivity contribution in [2.75, 3.05) is 12.5 Å². The third kappa shape index (κ3) is 1.90. The first kappa shape index (κ1) is 7.38. The summed E-state index contributed by atoms with van der Waals surface area (Å²) in [7, 11) is 1.81. The van der Waals surface area contributed by atoms with Crippen LogP contribution < -0.4 is 10.9 Å². The third-order valence-electron chi connectivity index (χ3n) is 1.09. The summed E-state index contributed by atoms with van der Waals surface area (Å²) in [4.78, 5) is 0. The molecule has 0 heterocycles. The molecule has 0 spiro atoms. The third-order valence-corrected chi connectivity index (χ3v) is 1.33. The largest absolute Gasteiger partial charge is 0.322 e. The first-order valence-electron chi connectivity index (χ1n) is 3.01. The van der Waals surface area contributed by atoms with E-state index in [1.165, 1.54) is 0 Å². The topological polar surface area (TPSA) is 24.1 Å². The molecule has 0 aliphatic carbocycles. The summed E-state index contributed by atoms with van der Waals surface area (Å²) in [6, 6.07) is 7.50. The number of anilines is 1. The monoisotopic (exact) mass is 156 g/mol. The van der Waals surface area contributed by atoms with Crippen LogP contribution in [-0.4, -0.2) is 7.05 Å². The predicted molar refractivity (Wildman–Crippen MR) is 44.1 cm³/mol. The van der Waals surface area contributed by atoms with Gasteiger partial charge in [0, 0.05) is 12.1 Å². The Kier molecular flexibility index (Phi) is 2.54. The molecule has 54 valence electrons. The van der Waals surface area contributed by atoms with Crippen molar-refractivity contribution < 1.29 is 0 Å². The van der Waals surface area contributed by atoms with Crippen LogP contribution in [0.2, 0.25) is 5.02 Å². The second kappa shape index (κ2) is 3.44. The average molecular weight is 157 g/mol. The number of rotatable bonds is 2. The Morgan fingerprint density at radius 1 is 1.40 bits per heavy atom. The number of hydrogen-bond acceptors (Lipinski definition) is 2. The molecular formula is C7H9ClN2. The molecule has 2 N–H and O–H groups in total. The predicted octanol–water partition coefficient (Wildman–Crippen LogP) is 1.89. The standard InChI is InChI=1S/C7H9ClN2/c1-9-10-7-4-2-3-6(8)5-7/h2-5,9-10H,1H3. The van der Waals surface area contributed by atoms with Crippen molar-refractivity contribution >= 4 is 17.3 Å². The van der Waals surface area contributed by atoms with Crippen LogP contribution in [0, 0.1) is 0 Å². The Morgan fingerprint density at radius 3 is 2.80 bits per heavy atom. The van der Waals surface area contributed by atoms with Crippen LogP contribution in [0.25, 0.3) is 0 Å². The van der Waals surface area contributed by atoms with E-state index in [4.69, 9.17) is 11.6 Å². The quantitative estimate of drug-likeness (QED) is 0.639. The molecule has 10 heavy (non-hydrogen) atoms. The lowest BCUT2D eigenvalue weighted by molar-refractivity contribution is 0.984. The summed E-state index contributed by atoms with van der Waals surface area (Å²) in [5, 5.41) is 0.736. The summed E-state index contributed by atoms with van der Waals surface area (Å²) >= 11 is 5.71. The molecule has 0 bridgehead atoms. The van der Waals surface area contributed by atoms with Gasteiger partial charge < -0.3 is 5.43 Å². The van der Waals surface area contributed by atoms with Crippen LogP contribution in [0.4, 0.5) is 5.69 Å². The Balaban J connectivity index is 2.75. The zero-order chi connectivity index (χ0) is 7.40. The number of hydrazine groups is 1. The van der Waals surface area contributed by atoms with Gasteiger partial charge in [0.1, 0.15) is 0 Å². The fourth-order valence-electron chi connectivity index (χ4n) is 0.711. The van der Waals surface area contributed by atoms with E-state index in [1.54, 1.807) is 7.05 Å². The molecule has 0 unspecified atom stereocenters. The Hall–Kier alpha value is -0.730. The molecule has 0 aromatic heterocycles. The van der Waals surface area contributed by atoms with Crippen molar-refractivity contribution in [1.82, 2.24) is 5.43 Å².